The highest BCUT2D eigenvalue weighted by molar-refractivity contribution is 5.61. The Morgan fingerprint density at radius 3 is 2.40 bits per heavy atom. The third-order valence-corrected chi connectivity index (χ3v) is 6.13. The molecule has 0 bridgehead atoms. The number of alkyl halides is 1. The van der Waals surface area contributed by atoms with Crippen LogP contribution in [0.3, 0.4) is 0 Å². The van der Waals surface area contributed by atoms with Crippen molar-refractivity contribution in [1.29, 1.82) is 0 Å². The third-order valence-electron chi connectivity index (χ3n) is 6.13. The second-order valence-corrected chi connectivity index (χ2v) is 8.70. The molecule has 0 spiro atoms. The van der Waals surface area contributed by atoms with Crippen LogP contribution < -0.4 is 4.90 Å². The minimum Gasteiger partial charge on any atom is -0.390 e. The summed E-state index contributed by atoms with van der Waals surface area (Å²) < 4.78 is 15.4. The van der Waals surface area contributed by atoms with E-state index in [2.05, 4.69) is 58.3 Å². The predicted octanol–water partition coefficient (Wildman–Crippen LogP) is 5.07. The molecule has 182 valence electrons. The molecule has 0 aliphatic carbocycles. The van der Waals surface area contributed by atoms with Crippen molar-refractivity contribution in [3.8, 4) is 17.1 Å². The first-order chi connectivity index (χ1) is 16.9. The van der Waals surface area contributed by atoms with Crippen LogP contribution in [0.15, 0.2) is 55.0 Å². The Morgan fingerprint density at radius 1 is 1.03 bits per heavy atom. The van der Waals surface area contributed by atoms with Gasteiger partial charge in [-0.1, -0.05) is 36.8 Å². The molecule has 0 radical (unpaired) electrons. The number of aromatic nitrogens is 5. The van der Waals surface area contributed by atoms with Crippen LogP contribution >= 0.6 is 0 Å². The summed E-state index contributed by atoms with van der Waals surface area (Å²) in [6.07, 6.45) is 4.39. The van der Waals surface area contributed by atoms with Crippen LogP contribution in [0, 0.1) is 20.8 Å². The van der Waals surface area contributed by atoms with Gasteiger partial charge in [0.05, 0.1) is 41.7 Å². The molecule has 1 aromatic carbocycles. The predicted molar refractivity (Wildman–Crippen MR) is 135 cm³/mol. The van der Waals surface area contributed by atoms with Crippen molar-refractivity contribution < 1.29 is 9.50 Å². The summed E-state index contributed by atoms with van der Waals surface area (Å²) in [7, 11) is 0. The van der Waals surface area contributed by atoms with Crippen molar-refractivity contribution in [2.45, 2.75) is 46.8 Å². The molecule has 0 fully saturated rings. The number of imidazole rings is 1. The summed E-state index contributed by atoms with van der Waals surface area (Å²) in [6, 6.07) is 14.0. The summed E-state index contributed by atoms with van der Waals surface area (Å²) in [5, 5.41) is 18.9. The summed E-state index contributed by atoms with van der Waals surface area (Å²) >= 11 is 0. The fraction of sp³-hybridized carbons (Fsp3) is 0.333. The largest absolute Gasteiger partial charge is 0.390 e. The lowest BCUT2D eigenvalue weighted by Gasteiger charge is -2.32. The van der Waals surface area contributed by atoms with Crippen molar-refractivity contribution in [2.75, 3.05) is 18.1 Å². The Morgan fingerprint density at radius 2 is 1.80 bits per heavy atom. The highest BCUT2D eigenvalue weighted by atomic mass is 19.1. The molecule has 0 amide bonds. The Balaban J connectivity index is 1.68. The monoisotopic (exact) mass is 474 g/mol. The first-order valence-electron chi connectivity index (χ1n) is 11.8. The lowest BCUT2D eigenvalue weighted by atomic mass is 10.0. The van der Waals surface area contributed by atoms with E-state index in [0.717, 1.165) is 28.9 Å². The molecule has 3 heterocycles. The number of hydrogen-bond acceptors (Lipinski definition) is 6. The number of anilines is 1. The van der Waals surface area contributed by atoms with Gasteiger partial charge < -0.3 is 14.6 Å². The molecule has 0 saturated carbocycles. The van der Waals surface area contributed by atoms with Crippen molar-refractivity contribution in [1.82, 2.24) is 24.7 Å². The minimum absolute atomic E-state index is 0.0118. The van der Waals surface area contributed by atoms with Crippen molar-refractivity contribution in [2.24, 2.45) is 0 Å². The lowest BCUT2D eigenvalue weighted by molar-refractivity contribution is 0.276. The number of halogens is 1. The molecule has 0 aliphatic heterocycles. The molecule has 4 aromatic rings. The van der Waals surface area contributed by atoms with Crippen molar-refractivity contribution in [3.63, 3.8) is 0 Å². The van der Waals surface area contributed by atoms with Gasteiger partial charge in [0.1, 0.15) is 12.4 Å². The number of rotatable bonds is 9. The summed E-state index contributed by atoms with van der Waals surface area (Å²) in [5.41, 5.74) is 6.56. The highest BCUT2D eigenvalue weighted by Crippen LogP contribution is 2.32. The maximum Gasteiger partial charge on any atom is 0.154 e. The van der Waals surface area contributed by atoms with Crippen LogP contribution in [0.5, 0.6) is 0 Å². The lowest BCUT2D eigenvalue weighted by Crippen LogP contribution is -2.32. The first kappa shape index (κ1) is 24.5. The SMILES string of the molecule is CC[C@@H](c1ccc(C)cc1)N(CCF)c1nnc(-c2ccc(-n3cnc(C)c3)c(CO)n2)cc1C. The molecule has 1 atom stereocenters. The Hall–Kier alpha value is -3.65. The minimum atomic E-state index is -0.484. The van der Waals surface area contributed by atoms with Crippen LogP contribution in [-0.2, 0) is 6.61 Å². The van der Waals surface area contributed by atoms with Gasteiger partial charge in [0.2, 0.25) is 0 Å². The maximum atomic E-state index is 13.6. The number of nitrogens with zero attached hydrogens (tertiary/aromatic N) is 6. The average molecular weight is 475 g/mol. The van der Waals surface area contributed by atoms with Gasteiger partial charge in [0.25, 0.3) is 0 Å². The van der Waals surface area contributed by atoms with Gasteiger partial charge in [0, 0.05) is 12.7 Å². The van der Waals surface area contributed by atoms with E-state index >= 15 is 0 Å². The Labute approximate surface area is 205 Å². The van der Waals surface area contributed by atoms with E-state index in [9.17, 15) is 9.50 Å². The normalized spacial score (nSPS) is 12.1. The quantitative estimate of drug-likeness (QED) is 0.365. The van der Waals surface area contributed by atoms with Crippen LogP contribution in [0.4, 0.5) is 10.2 Å². The summed E-state index contributed by atoms with van der Waals surface area (Å²) in [6.45, 7) is 7.54. The van der Waals surface area contributed by atoms with Gasteiger partial charge in [-0.3, -0.25) is 0 Å². The molecule has 0 aliphatic rings. The molecule has 8 heteroatoms. The van der Waals surface area contributed by atoms with Gasteiger partial charge in [-0.15, -0.1) is 10.2 Å². The second kappa shape index (κ2) is 10.7. The Bertz CT molecular complexity index is 1290. The molecule has 7 nitrogen and oxygen atoms in total. The fourth-order valence-electron chi connectivity index (χ4n) is 4.35. The number of aryl methyl sites for hydroxylation is 3. The van der Waals surface area contributed by atoms with Crippen LogP contribution in [0.25, 0.3) is 17.1 Å². The van der Waals surface area contributed by atoms with Crippen molar-refractivity contribution in [3.05, 3.63) is 83.1 Å². The van der Waals surface area contributed by atoms with Crippen LogP contribution in [0.2, 0.25) is 0 Å². The summed E-state index contributed by atoms with van der Waals surface area (Å²) in [5.74, 6) is 0.659. The zero-order valence-electron chi connectivity index (χ0n) is 20.6. The average Bonchev–Trinajstić information content (AvgIpc) is 3.30. The van der Waals surface area contributed by atoms with E-state index in [-0.39, 0.29) is 19.2 Å². The second-order valence-electron chi connectivity index (χ2n) is 8.70. The number of pyridine rings is 1. The molecule has 0 unspecified atom stereocenters. The van der Waals surface area contributed by atoms with E-state index in [1.54, 1.807) is 6.33 Å². The number of aliphatic hydroxyl groups excluding tert-OH is 1. The molecule has 1 N–H and O–H groups in total. The van der Waals surface area contributed by atoms with Gasteiger partial charge in [-0.25, -0.2) is 14.4 Å². The number of aliphatic hydroxyl groups is 1. The first-order valence-corrected chi connectivity index (χ1v) is 11.8. The highest BCUT2D eigenvalue weighted by Gasteiger charge is 2.23. The van der Waals surface area contributed by atoms with E-state index in [1.807, 2.05) is 47.7 Å². The standard InChI is InChI=1S/C27H31FN6O/c1-5-25(21-8-6-18(2)7-9-21)34(13-12-28)27-19(3)14-23(31-32-27)22-10-11-26(24(16-35)30-22)33-15-20(4)29-17-33/h6-11,14-15,17,25,35H,5,12-13,16H2,1-4H3/t25-/m0/s1. The number of hydrogen-bond donors (Lipinski definition) is 1. The van der Waals surface area contributed by atoms with Gasteiger partial charge in [-0.05, 0) is 56.5 Å². The zero-order valence-corrected chi connectivity index (χ0v) is 20.6. The van der Waals surface area contributed by atoms with Gasteiger partial charge in [0.15, 0.2) is 5.82 Å². The van der Waals surface area contributed by atoms with E-state index in [0.29, 0.717) is 22.9 Å². The summed E-state index contributed by atoms with van der Waals surface area (Å²) in [4.78, 5) is 10.9. The van der Waals surface area contributed by atoms with Gasteiger partial charge >= 0.3 is 0 Å². The molecule has 35 heavy (non-hydrogen) atoms. The molecule has 4 rings (SSSR count). The van der Waals surface area contributed by atoms with Gasteiger partial charge in [-0.2, -0.15) is 0 Å². The molecular weight excluding hydrogens is 443 g/mol. The fourth-order valence-corrected chi connectivity index (χ4v) is 4.35. The van der Waals surface area contributed by atoms with E-state index < -0.39 is 6.67 Å². The van der Waals surface area contributed by atoms with E-state index in [4.69, 9.17) is 0 Å². The van der Waals surface area contributed by atoms with Crippen LogP contribution in [0.1, 0.15) is 47.5 Å². The number of benzene rings is 1. The van der Waals surface area contributed by atoms with Crippen molar-refractivity contribution >= 4 is 5.82 Å². The smallest absolute Gasteiger partial charge is 0.154 e. The van der Waals surface area contributed by atoms with Crippen LogP contribution in [-0.4, -0.2) is 43.1 Å². The Kier molecular flexibility index (Phi) is 7.51. The molecule has 0 saturated heterocycles. The molecular formula is C27H31FN6O. The maximum absolute atomic E-state index is 13.6. The topological polar surface area (TPSA) is 80.0 Å². The van der Waals surface area contributed by atoms with E-state index in [1.165, 1.54) is 5.56 Å². The molecule has 3 aromatic heterocycles. The zero-order chi connectivity index (χ0) is 24.9. The third kappa shape index (κ3) is 5.22.